The Morgan fingerprint density at radius 3 is 2.07 bits per heavy atom. The van der Waals surface area contributed by atoms with Gasteiger partial charge in [-0.25, -0.2) is 0 Å². The zero-order chi connectivity index (χ0) is 9.84. The molecular weight excluding hydrogens is 452 g/mol. The number of amides is 1. The molecule has 0 fully saturated rings. The number of ether oxygens (including phenoxy) is 2. The van der Waals surface area contributed by atoms with Crippen molar-refractivity contribution in [1.82, 2.24) is 0 Å². The molecule has 0 aliphatic carbocycles. The minimum absolute atomic E-state index is 0. The number of carbonyl (C=O) groups is 1. The third kappa shape index (κ3) is 5.25. The van der Waals surface area contributed by atoms with Crippen LogP contribution in [0.2, 0.25) is 0 Å². The predicted molar refractivity (Wildman–Crippen MR) is 48.2 cm³/mol. The van der Waals surface area contributed by atoms with E-state index in [0.29, 0.717) is 11.5 Å². The predicted octanol–water partition coefficient (Wildman–Crippen LogP) is 1.90. The first-order valence-electron chi connectivity index (χ1n) is 3.67. The first-order chi connectivity index (χ1) is 6.19. The van der Waals surface area contributed by atoms with Crippen molar-refractivity contribution in [1.29, 1.82) is 0 Å². The van der Waals surface area contributed by atoms with Crippen molar-refractivity contribution in [2.45, 2.75) is 0 Å². The van der Waals surface area contributed by atoms with E-state index in [1.165, 1.54) is 26.4 Å². The van der Waals surface area contributed by atoms with Gasteiger partial charge in [0.05, 0.1) is 20.1 Å². The van der Waals surface area contributed by atoms with Crippen LogP contribution < -0.4 is 9.47 Å². The number of carbonyl (C=O) groups excluding carboxylic acids is 1. The van der Waals surface area contributed by atoms with Crippen LogP contribution in [0.3, 0.4) is 0 Å². The quantitative estimate of drug-likeness (QED) is 0.690. The molecule has 1 rings (SSSR count). The van der Waals surface area contributed by atoms with E-state index in [1.54, 1.807) is 6.07 Å². The van der Waals surface area contributed by atoms with Gasteiger partial charge < -0.3 is 20.0 Å². The van der Waals surface area contributed by atoms with Crippen LogP contribution in [0.25, 0.3) is 5.73 Å². The second kappa shape index (κ2) is 9.09. The fraction of sp³-hybridized carbons (Fsp3) is 0.222. The maximum atomic E-state index is 10.7. The number of rotatable bonds is 3. The second-order valence-electron chi connectivity index (χ2n) is 2.40. The van der Waals surface area contributed by atoms with Crippen molar-refractivity contribution in [2.75, 3.05) is 14.2 Å². The van der Waals surface area contributed by atoms with Crippen LogP contribution in [-0.2, 0) is 0 Å². The van der Waals surface area contributed by atoms with Gasteiger partial charge in [0.15, 0.2) is 11.5 Å². The number of hydrogen-bond donors (Lipinski definition) is 0. The van der Waals surface area contributed by atoms with Crippen molar-refractivity contribution < 1.29 is 96.9 Å². The van der Waals surface area contributed by atoms with E-state index in [9.17, 15) is 4.79 Å². The first-order valence-corrected chi connectivity index (χ1v) is 3.67. The summed E-state index contributed by atoms with van der Waals surface area (Å²) in [6.45, 7) is 0. The molecule has 0 saturated heterocycles. The fourth-order valence-electron chi connectivity index (χ4n) is 0.977. The Labute approximate surface area is 155 Å². The maximum absolute atomic E-state index is 10.7. The van der Waals surface area contributed by atoms with Crippen LogP contribution in [0.1, 0.15) is 10.4 Å². The van der Waals surface area contributed by atoms with Crippen molar-refractivity contribution in [3.05, 3.63) is 29.5 Å². The molecule has 0 aromatic heterocycles. The largest absolute Gasteiger partial charge is 0.664 e. The molecule has 1 aromatic rings. The third-order valence-electron chi connectivity index (χ3n) is 1.65. The summed E-state index contributed by atoms with van der Waals surface area (Å²) in [4.78, 5) is 10.7. The van der Waals surface area contributed by atoms with Crippen LogP contribution in [0, 0.1) is 82.6 Å². The van der Waals surface area contributed by atoms with Crippen LogP contribution in [0.5, 0.6) is 11.5 Å². The van der Waals surface area contributed by atoms with Crippen LogP contribution in [0.4, 0.5) is 0 Å². The molecule has 1 N–H and O–H groups in total. The van der Waals surface area contributed by atoms with Gasteiger partial charge in [0.1, 0.15) is 0 Å². The Morgan fingerprint density at radius 1 is 1.13 bits per heavy atom. The molecular formula is C9H10NO3Pr2-. The van der Waals surface area contributed by atoms with Crippen LogP contribution >= 0.6 is 0 Å². The average Bonchev–Trinajstić information content (AvgIpc) is 2.16. The van der Waals surface area contributed by atoms with Gasteiger partial charge >= 0.3 is 0 Å². The van der Waals surface area contributed by atoms with Crippen molar-refractivity contribution in [3.63, 3.8) is 0 Å². The van der Waals surface area contributed by atoms with Gasteiger partial charge in [-0.2, -0.15) is 0 Å². The van der Waals surface area contributed by atoms with Crippen LogP contribution in [-0.4, -0.2) is 20.1 Å². The summed E-state index contributed by atoms with van der Waals surface area (Å²) in [5, 5.41) is 0. The van der Waals surface area contributed by atoms with E-state index >= 15 is 0 Å². The molecule has 1 aromatic carbocycles. The molecule has 0 aliphatic heterocycles. The maximum Gasteiger partial charge on any atom is 0.161 e. The minimum atomic E-state index is -0.735. The van der Waals surface area contributed by atoms with E-state index in [-0.39, 0.29) is 88.1 Å². The molecule has 2 radical (unpaired) electrons. The summed E-state index contributed by atoms with van der Waals surface area (Å²) in [6.07, 6.45) is 0. The SMILES string of the molecule is COc1ccc(C([NH-])=O)cc1OC.[Pr].[Pr]. The smallest absolute Gasteiger partial charge is 0.161 e. The van der Waals surface area contributed by atoms with Gasteiger partial charge in [-0.05, 0) is 18.2 Å². The van der Waals surface area contributed by atoms with E-state index in [0.717, 1.165) is 0 Å². The summed E-state index contributed by atoms with van der Waals surface area (Å²) in [5.74, 6) is 0.272. The van der Waals surface area contributed by atoms with E-state index in [1.807, 2.05) is 0 Å². The summed E-state index contributed by atoms with van der Waals surface area (Å²) in [6, 6.07) is 4.60. The molecule has 15 heavy (non-hydrogen) atoms. The van der Waals surface area contributed by atoms with Crippen molar-refractivity contribution >= 4 is 5.91 Å². The van der Waals surface area contributed by atoms with Crippen molar-refractivity contribution in [2.24, 2.45) is 0 Å². The second-order valence-corrected chi connectivity index (χ2v) is 2.40. The summed E-state index contributed by atoms with van der Waals surface area (Å²) < 4.78 is 9.94. The number of methoxy groups -OCH3 is 2. The normalized spacial score (nSPS) is 8.13. The molecule has 1 amide bonds. The van der Waals surface area contributed by atoms with Gasteiger partial charge in [-0.3, -0.25) is 0 Å². The standard InChI is InChI=1S/C9H11NO3.2Pr/c1-12-7-4-3-6(9(10)11)5-8(7)13-2;;/h3-5H,1-2H3,(H2,10,11);;/p-1. The summed E-state index contributed by atoms with van der Waals surface area (Å²) >= 11 is 0. The molecule has 4 nitrogen and oxygen atoms in total. The molecule has 0 saturated carbocycles. The Morgan fingerprint density at radius 2 is 1.67 bits per heavy atom. The Kier molecular flexibility index (Phi) is 11.1. The van der Waals surface area contributed by atoms with Gasteiger partial charge in [0.2, 0.25) is 0 Å². The number of benzene rings is 1. The molecule has 0 aliphatic rings. The van der Waals surface area contributed by atoms with Crippen LogP contribution in [0.15, 0.2) is 18.2 Å². The van der Waals surface area contributed by atoms with Gasteiger partial charge in [0, 0.05) is 88.1 Å². The topological polar surface area (TPSA) is 59.3 Å². The average molecular weight is 462 g/mol. The Balaban J connectivity index is 0. The van der Waals surface area contributed by atoms with E-state index < -0.39 is 5.91 Å². The third-order valence-corrected chi connectivity index (χ3v) is 1.65. The molecule has 0 heterocycles. The monoisotopic (exact) mass is 462 g/mol. The first kappa shape index (κ1) is 18.4. The Bertz CT molecular complexity index is 331. The fourth-order valence-corrected chi connectivity index (χ4v) is 0.977. The van der Waals surface area contributed by atoms with Crippen molar-refractivity contribution in [3.8, 4) is 11.5 Å². The zero-order valence-electron chi connectivity index (χ0n) is 8.61. The summed E-state index contributed by atoms with van der Waals surface area (Å²) in [7, 11) is 3.00. The van der Waals surface area contributed by atoms with Gasteiger partial charge in [0.25, 0.3) is 0 Å². The Hall–Kier alpha value is 1.02. The number of hydrogen-bond acceptors (Lipinski definition) is 3. The molecule has 6 heteroatoms. The number of nitrogens with one attached hydrogen (secondary N) is 1. The molecule has 0 unspecified atom stereocenters. The zero-order valence-corrected chi connectivity index (χ0v) is 16.0. The summed E-state index contributed by atoms with van der Waals surface area (Å²) in [5.41, 5.74) is 7.17. The van der Waals surface area contributed by atoms with Gasteiger partial charge in [-0.1, -0.05) is 0 Å². The minimum Gasteiger partial charge on any atom is -0.664 e. The molecule has 0 spiro atoms. The van der Waals surface area contributed by atoms with Gasteiger partial charge in [-0.15, -0.1) is 0 Å². The van der Waals surface area contributed by atoms with E-state index in [4.69, 9.17) is 15.2 Å². The van der Waals surface area contributed by atoms with E-state index in [2.05, 4.69) is 0 Å². The molecule has 0 atom stereocenters. The molecule has 0 bridgehead atoms. The molecule has 76 valence electrons.